The standard InChI is InChI=1S/C13H20ClN3O/c1-18-7-6-10(8-14)17-13-11-4-2-3-5-12(11)15-9-16-13/h9-10H,2-8H2,1H3,(H,15,16,17). The summed E-state index contributed by atoms with van der Waals surface area (Å²) in [4.78, 5) is 8.73. The van der Waals surface area contributed by atoms with Gasteiger partial charge in [0.2, 0.25) is 0 Å². The first-order valence-corrected chi connectivity index (χ1v) is 7.02. The molecule has 1 aliphatic rings. The molecule has 1 aromatic rings. The Bertz CT molecular complexity index is 386. The van der Waals surface area contributed by atoms with Crippen LogP contribution in [0.4, 0.5) is 5.82 Å². The van der Waals surface area contributed by atoms with Crippen LogP contribution in [0.3, 0.4) is 0 Å². The van der Waals surface area contributed by atoms with Crippen LogP contribution in [0.2, 0.25) is 0 Å². The number of fused-ring (bicyclic) bond motifs is 1. The highest BCUT2D eigenvalue weighted by Gasteiger charge is 2.17. The van der Waals surface area contributed by atoms with Crippen molar-refractivity contribution in [3.05, 3.63) is 17.6 Å². The van der Waals surface area contributed by atoms with Gasteiger partial charge in [0, 0.05) is 36.9 Å². The van der Waals surface area contributed by atoms with Gasteiger partial charge in [-0.1, -0.05) is 0 Å². The van der Waals surface area contributed by atoms with Gasteiger partial charge >= 0.3 is 0 Å². The minimum atomic E-state index is 0.201. The molecule has 0 amide bonds. The van der Waals surface area contributed by atoms with Gasteiger partial charge in [-0.2, -0.15) is 0 Å². The number of hydrogen-bond acceptors (Lipinski definition) is 4. The lowest BCUT2D eigenvalue weighted by Crippen LogP contribution is -2.25. The van der Waals surface area contributed by atoms with Crippen molar-refractivity contribution in [1.82, 2.24) is 9.97 Å². The molecule has 4 nitrogen and oxygen atoms in total. The zero-order valence-corrected chi connectivity index (χ0v) is 11.5. The molecule has 0 aromatic carbocycles. The molecule has 2 rings (SSSR count). The zero-order chi connectivity index (χ0) is 12.8. The second-order valence-electron chi connectivity index (χ2n) is 4.63. The van der Waals surface area contributed by atoms with E-state index in [1.165, 1.54) is 24.1 Å². The summed E-state index contributed by atoms with van der Waals surface area (Å²) >= 11 is 5.97. The number of nitrogens with zero attached hydrogens (tertiary/aromatic N) is 2. The van der Waals surface area contributed by atoms with Crippen LogP contribution in [-0.4, -0.2) is 35.6 Å². The van der Waals surface area contributed by atoms with Crippen molar-refractivity contribution < 1.29 is 4.74 Å². The summed E-state index contributed by atoms with van der Waals surface area (Å²) in [7, 11) is 1.71. The largest absolute Gasteiger partial charge is 0.385 e. The van der Waals surface area contributed by atoms with E-state index >= 15 is 0 Å². The summed E-state index contributed by atoms with van der Waals surface area (Å²) in [6, 6.07) is 0.201. The molecule has 18 heavy (non-hydrogen) atoms. The fourth-order valence-electron chi connectivity index (χ4n) is 2.29. The van der Waals surface area contributed by atoms with Gasteiger partial charge < -0.3 is 10.1 Å². The summed E-state index contributed by atoms with van der Waals surface area (Å²) in [6.07, 6.45) is 7.12. The first-order chi connectivity index (χ1) is 8.85. The highest BCUT2D eigenvalue weighted by atomic mass is 35.5. The molecule has 1 aromatic heterocycles. The summed E-state index contributed by atoms with van der Waals surface area (Å²) in [5.41, 5.74) is 2.47. The molecule has 0 spiro atoms. The number of aromatic nitrogens is 2. The van der Waals surface area contributed by atoms with Crippen LogP contribution in [0.15, 0.2) is 6.33 Å². The van der Waals surface area contributed by atoms with E-state index in [0.717, 1.165) is 25.1 Å². The lowest BCUT2D eigenvalue weighted by Gasteiger charge is -2.22. The molecule has 0 aliphatic heterocycles. The monoisotopic (exact) mass is 269 g/mol. The Morgan fingerprint density at radius 1 is 1.39 bits per heavy atom. The van der Waals surface area contributed by atoms with Crippen molar-refractivity contribution in [2.45, 2.75) is 38.1 Å². The van der Waals surface area contributed by atoms with Crippen LogP contribution in [0, 0.1) is 0 Å². The van der Waals surface area contributed by atoms with E-state index in [0.29, 0.717) is 12.5 Å². The highest BCUT2D eigenvalue weighted by molar-refractivity contribution is 6.18. The molecule has 0 saturated carbocycles. The van der Waals surface area contributed by atoms with Crippen LogP contribution in [-0.2, 0) is 17.6 Å². The molecule has 0 fully saturated rings. The van der Waals surface area contributed by atoms with Gasteiger partial charge in [0.05, 0.1) is 0 Å². The van der Waals surface area contributed by atoms with E-state index in [1.807, 2.05) is 0 Å². The molecule has 100 valence electrons. The maximum Gasteiger partial charge on any atom is 0.133 e. The van der Waals surface area contributed by atoms with Gasteiger partial charge in [0.25, 0.3) is 0 Å². The van der Waals surface area contributed by atoms with E-state index < -0.39 is 0 Å². The Morgan fingerprint density at radius 3 is 3.00 bits per heavy atom. The average molecular weight is 270 g/mol. The summed E-state index contributed by atoms with van der Waals surface area (Å²) in [5, 5.41) is 3.43. The Morgan fingerprint density at radius 2 is 2.22 bits per heavy atom. The number of halogens is 1. The van der Waals surface area contributed by atoms with Gasteiger partial charge in [-0.15, -0.1) is 11.6 Å². The normalized spacial score (nSPS) is 16.1. The second kappa shape index (κ2) is 6.90. The zero-order valence-electron chi connectivity index (χ0n) is 10.8. The summed E-state index contributed by atoms with van der Waals surface area (Å²) < 4.78 is 5.09. The third-order valence-electron chi connectivity index (χ3n) is 3.32. The Balaban J connectivity index is 2.08. The SMILES string of the molecule is COCCC(CCl)Nc1ncnc2c1CCCC2. The number of ether oxygens (including phenoxy) is 1. The number of methoxy groups -OCH3 is 1. The lowest BCUT2D eigenvalue weighted by atomic mass is 9.96. The first kappa shape index (κ1) is 13.6. The molecule has 0 radical (unpaired) electrons. The smallest absolute Gasteiger partial charge is 0.133 e. The van der Waals surface area contributed by atoms with E-state index in [2.05, 4.69) is 15.3 Å². The van der Waals surface area contributed by atoms with Crippen molar-refractivity contribution in [1.29, 1.82) is 0 Å². The van der Waals surface area contributed by atoms with Crippen LogP contribution >= 0.6 is 11.6 Å². The first-order valence-electron chi connectivity index (χ1n) is 6.49. The fraction of sp³-hybridized carbons (Fsp3) is 0.692. The van der Waals surface area contributed by atoms with E-state index in [4.69, 9.17) is 16.3 Å². The number of hydrogen-bond donors (Lipinski definition) is 1. The number of aryl methyl sites for hydroxylation is 1. The number of alkyl halides is 1. The summed E-state index contributed by atoms with van der Waals surface area (Å²) in [5.74, 6) is 1.52. The minimum absolute atomic E-state index is 0.201. The third-order valence-corrected chi connectivity index (χ3v) is 3.70. The Kier molecular flexibility index (Phi) is 5.20. The van der Waals surface area contributed by atoms with Crippen molar-refractivity contribution in [2.75, 3.05) is 24.9 Å². The van der Waals surface area contributed by atoms with Crippen molar-refractivity contribution in [3.8, 4) is 0 Å². The van der Waals surface area contributed by atoms with E-state index in [9.17, 15) is 0 Å². The average Bonchev–Trinajstić information content (AvgIpc) is 2.43. The maximum absolute atomic E-state index is 5.97. The Hall–Kier alpha value is -0.870. The number of nitrogens with one attached hydrogen (secondary N) is 1. The molecular weight excluding hydrogens is 250 g/mol. The quantitative estimate of drug-likeness (QED) is 0.806. The molecule has 1 unspecified atom stereocenters. The third kappa shape index (κ3) is 3.33. The van der Waals surface area contributed by atoms with Crippen LogP contribution in [0.25, 0.3) is 0 Å². The Labute approximate surface area is 113 Å². The minimum Gasteiger partial charge on any atom is -0.385 e. The maximum atomic E-state index is 5.97. The van der Waals surface area contributed by atoms with Crippen LogP contribution in [0.5, 0.6) is 0 Å². The van der Waals surface area contributed by atoms with Crippen molar-refractivity contribution >= 4 is 17.4 Å². The molecule has 1 atom stereocenters. The molecule has 1 aliphatic carbocycles. The number of anilines is 1. The predicted molar refractivity (Wildman–Crippen MR) is 73.3 cm³/mol. The van der Waals surface area contributed by atoms with Gasteiger partial charge in [-0.3, -0.25) is 0 Å². The lowest BCUT2D eigenvalue weighted by molar-refractivity contribution is 0.191. The van der Waals surface area contributed by atoms with E-state index in [-0.39, 0.29) is 6.04 Å². The second-order valence-corrected chi connectivity index (χ2v) is 4.94. The number of rotatable bonds is 6. The predicted octanol–water partition coefficient (Wildman–Crippen LogP) is 2.41. The van der Waals surface area contributed by atoms with Crippen molar-refractivity contribution in [3.63, 3.8) is 0 Å². The van der Waals surface area contributed by atoms with Crippen LogP contribution < -0.4 is 5.32 Å². The highest BCUT2D eigenvalue weighted by Crippen LogP contribution is 2.25. The topological polar surface area (TPSA) is 47.0 Å². The molecule has 5 heteroatoms. The fourth-order valence-corrected chi connectivity index (χ4v) is 2.52. The molecule has 0 saturated heterocycles. The van der Waals surface area contributed by atoms with E-state index in [1.54, 1.807) is 13.4 Å². The molecule has 1 N–H and O–H groups in total. The van der Waals surface area contributed by atoms with Gasteiger partial charge in [0.1, 0.15) is 12.1 Å². The van der Waals surface area contributed by atoms with Gasteiger partial charge in [-0.05, 0) is 32.1 Å². The molecular formula is C13H20ClN3O. The summed E-state index contributed by atoms with van der Waals surface area (Å²) in [6.45, 7) is 0.706. The van der Waals surface area contributed by atoms with Crippen LogP contribution in [0.1, 0.15) is 30.5 Å². The van der Waals surface area contributed by atoms with Gasteiger partial charge in [-0.25, -0.2) is 9.97 Å². The van der Waals surface area contributed by atoms with Crippen molar-refractivity contribution in [2.24, 2.45) is 0 Å². The van der Waals surface area contributed by atoms with Gasteiger partial charge in [0.15, 0.2) is 0 Å². The molecule has 1 heterocycles. The molecule has 0 bridgehead atoms.